The molecule has 0 radical (unpaired) electrons. The summed E-state index contributed by atoms with van der Waals surface area (Å²) in [5, 5.41) is 12.8. The summed E-state index contributed by atoms with van der Waals surface area (Å²) in [7, 11) is 0. The highest BCUT2D eigenvalue weighted by molar-refractivity contribution is 5.82. The predicted octanol–water partition coefficient (Wildman–Crippen LogP) is 6.82. The van der Waals surface area contributed by atoms with Crippen molar-refractivity contribution in [3.05, 3.63) is 120 Å². The molecule has 4 aromatic rings. The van der Waals surface area contributed by atoms with Gasteiger partial charge in [-0.15, -0.1) is 0 Å². The molecule has 7 heteroatoms. The van der Waals surface area contributed by atoms with Crippen LogP contribution in [0.4, 0.5) is 4.79 Å². The highest BCUT2D eigenvalue weighted by Crippen LogP contribution is 2.34. The molecule has 2 N–H and O–H groups in total. The second kappa shape index (κ2) is 13.5. The third-order valence-corrected chi connectivity index (χ3v) is 6.08. The highest BCUT2D eigenvalue weighted by atomic mass is 16.6. The number of carbonyl (C=O) groups is 2. The number of esters is 1. The summed E-state index contributed by atoms with van der Waals surface area (Å²) in [6.07, 6.45) is -0.562. The number of phenolic OH excluding ortho intramolecular Hbond substituents is 1. The Labute approximate surface area is 240 Å². The van der Waals surface area contributed by atoms with Crippen molar-refractivity contribution in [1.82, 2.24) is 5.32 Å². The van der Waals surface area contributed by atoms with Crippen molar-refractivity contribution < 1.29 is 28.9 Å². The molecule has 1 atom stereocenters. The molecule has 7 nitrogen and oxygen atoms in total. The summed E-state index contributed by atoms with van der Waals surface area (Å²) in [5.41, 5.74) is 3.36. The van der Waals surface area contributed by atoms with Crippen molar-refractivity contribution in [1.29, 1.82) is 0 Å². The van der Waals surface area contributed by atoms with Crippen LogP contribution in [-0.2, 0) is 33.9 Å². The first-order chi connectivity index (χ1) is 19.7. The molecular formula is C34H35NO6. The van der Waals surface area contributed by atoms with E-state index in [9.17, 15) is 14.7 Å². The van der Waals surface area contributed by atoms with Gasteiger partial charge in [0.25, 0.3) is 0 Å². The van der Waals surface area contributed by atoms with Crippen LogP contribution in [0.3, 0.4) is 0 Å². The Morgan fingerprint density at radius 2 is 1.44 bits per heavy atom. The highest BCUT2D eigenvalue weighted by Gasteiger charge is 2.26. The van der Waals surface area contributed by atoms with Crippen molar-refractivity contribution in [2.75, 3.05) is 0 Å². The van der Waals surface area contributed by atoms with Crippen LogP contribution in [-0.4, -0.2) is 28.8 Å². The van der Waals surface area contributed by atoms with Gasteiger partial charge in [-0.25, -0.2) is 9.59 Å². The second-order valence-electron chi connectivity index (χ2n) is 10.7. The standard InChI is InChI=1S/C34H35NO6/c1-34(2,3)41-33(38)35-30(32(37)40-23-25-13-8-5-9-14-25)20-26-17-18-31(39-22-24-11-6-4-7-12-24)29(19-26)27-15-10-16-28(36)21-27/h4-19,21,30,36H,20,22-23H2,1-3H3,(H,35,38)/t30-/m0/s1. The zero-order valence-electron chi connectivity index (χ0n) is 23.5. The number of amides is 1. The van der Waals surface area contributed by atoms with E-state index in [0.717, 1.165) is 27.8 Å². The van der Waals surface area contributed by atoms with Crippen LogP contribution in [0.15, 0.2) is 103 Å². The Bertz CT molecular complexity index is 1450. The average Bonchev–Trinajstić information content (AvgIpc) is 2.95. The van der Waals surface area contributed by atoms with Gasteiger partial charge in [0.2, 0.25) is 0 Å². The van der Waals surface area contributed by atoms with Gasteiger partial charge >= 0.3 is 12.1 Å². The third kappa shape index (κ3) is 9.14. The van der Waals surface area contributed by atoms with Gasteiger partial charge in [0.15, 0.2) is 0 Å². The Hall–Kier alpha value is -4.78. The number of hydrogen-bond acceptors (Lipinski definition) is 6. The van der Waals surface area contributed by atoms with Crippen molar-refractivity contribution in [3.63, 3.8) is 0 Å². The predicted molar refractivity (Wildman–Crippen MR) is 157 cm³/mol. The smallest absolute Gasteiger partial charge is 0.408 e. The first kappa shape index (κ1) is 29.2. The molecule has 4 aromatic carbocycles. The number of hydrogen-bond donors (Lipinski definition) is 2. The molecule has 0 aromatic heterocycles. The summed E-state index contributed by atoms with van der Waals surface area (Å²) < 4.78 is 17.1. The Kier molecular flexibility index (Phi) is 9.64. The first-order valence-electron chi connectivity index (χ1n) is 13.5. The Morgan fingerprint density at radius 3 is 2.07 bits per heavy atom. The minimum atomic E-state index is -0.998. The molecule has 1 amide bonds. The lowest BCUT2D eigenvalue weighted by Gasteiger charge is -2.23. The lowest BCUT2D eigenvalue weighted by molar-refractivity contribution is -0.147. The fourth-order valence-electron chi connectivity index (χ4n) is 4.17. The van der Waals surface area contributed by atoms with Crippen LogP contribution in [0.1, 0.15) is 37.5 Å². The van der Waals surface area contributed by atoms with Gasteiger partial charge in [-0.2, -0.15) is 0 Å². The van der Waals surface area contributed by atoms with E-state index in [-0.39, 0.29) is 18.8 Å². The molecular weight excluding hydrogens is 518 g/mol. The molecule has 0 heterocycles. The molecule has 0 aliphatic carbocycles. The maximum absolute atomic E-state index is 13.2. The molecule has 0 bridgehead atoms. The van der Waals surface area contributed by atoms with Crippen LogP contribution in [0, 0.1) is 0 Å². The molecule has 0 spiro atoms. The van der Waals surface area contributed by atoms with E-state index >= 15 is 0 Å². The number of phenols is 1. The fourth-order valence-corrected chi connectivity index (χ4v) is 4.17. The maximum Gasteiger partial charge on any atom is 0.408 e. The molecule has 212 valence electrons. The lowest BCUT2D eigenvalue weighted by atomic mass is 9.98. The van der Waals surface area contributed by atoms with Gasteiger partial charge in [0.05, 0.1) is 0 Å². The third-order valence-electron chi connectivity index (χ3n) is 6.08. The summed E-state index contributed by atoms with van der Waals surface area (Å²) in [6, 6.07) is 30.6. The largest absolute Gasteiger partial charge is 0.508 e. The van der Waals surface area contributed by atoms with E-state index in [1.807, 2.05) is 84.9 Å². The van der Waals surface area contributed by atoms with Crippen LogP contribution in [0.5, 0.6) is 11.5 Å². The number of benzene rings is 4. The van der Waals surface area contributed by atoms with Crippen LogP contribution in [0.25, 0.3) is 11.1 Å². The molecule has 0 saturated heterocycles. The minimum Gasteiger partial charge on any atom is -0.508 e. The quantitative estimate of drug-likeness (QED) is 0.209. The molecule has 0 aliphatic rings. The fraction of sp³-hybridized carbons (Fsp3) is 0.235. The van der Waals surface area contributed by atoms with E-state index in [1.165, 1.54) is 0 Å². The summed E-state index contributed by atoms with van der Waals surface area (Å²) in [6.45, 7) is 5.70. The summed E-state index contributed by atoms with van der Waals surface area (Å²) in [5.74, 6) is 0.158. The topological polar surface area (TPSA) is 94.1 Å². The van der Waals surface area contributed by atoms with Crippen LogP contribution in [0.2, 0.25) is 0 Å². The molecule has 0 fully saturated rings. The zero-order valence-corrected chi connectivity index (χ0v) is 23.5. The maximum atomic E-state index is 13.2. The van der Waals surface area contributed by atoms with Gasteiger partial charge < -0.3 is 24.6 Å². The summed E-state index contributed by atoms with van der Waals surface area (Å²) >= 11 is 0. The Morgan fingerprint density at radius 1 is 0.780 bits per heavy atom. The van der Waals surface area contributed by atoms with E-state index in [1.54, 1.807) is 39.0 Å². The molecule has 4 rings (SSSR count). The van der Waals surface area contributed by atoms with Gasteiger partial charge in [-0.1, -0.05) is 78.9 Å². The molecule has 0 aliphatic heterocycles. The monoisotopic (exact) mass is 553 g/mol. The zero-order chi connectivity index (χ0) is 29.2. The number of nitrogens with one attached hydrogen (secondary N) is 1. The average molecular weight is 554 g/mol. The van der Waals surface area contributed by atoms with Crippen LogP contribution < -0.4 is 10.1 Å². The van der Waals surface area contributed by atoms with Crippen LogP contribution >= 0.6 is 0 Å². The van der Waals surface area contributed by atoms with Gasteiger partial charge in [0.1, 0.15) is 36.4 Å². The van der Waals surface area contributed by atoms with E-state index < -0.39 is 23.7 Å². The van der Waals surface area contributed by atoms with Gasteiger partial charge in [-0.3, -0.25) is 0 Å². The molecule has 41 heavy (non-hydrogen) atoms. The van der Waals surface area contributed by atoms with Crippen molar-refractivity contribution in [3.8, 4) is 22.6 Å². The van der Waals surface area contributed by atoms with Crippen molar-refractivity contribution in [2.24, 2.45) is 0 Å². The second-order valence-corrected chi connectivity index (χ2v) is 10.7. The van der Waals surface area contributed by atoms with Crippen molar-refractivity contribution in [2.45, 2.75) is 52.0 Å². The number of carbonyl (C=O) groups excluding carboxylic acids is 2. The van der Waals surface area contributed by atoms with E-state index in [0.29, 0.717) is 12.4 Å². The van der Waals surface area contributed by atoms with E-state index in [4.69, 9.17) is 14.2 Å². The summed E-state index contributed by atoms with van der Waals surface area (Å²) in [4.78, 5) is 25.8. The minimum absolute atomic E-state index is 0.0764. The number of rotatable bonds is 10. The SMILES string of the molecule is CC(C)(C)OC(=O)N[C@@H](Cc1ccc(OCc2ccccc2)c(-c2cccc(O)c2)c1)C(=O)OCc1ccccc1. The van der Waals surface area contributed by atoms with Crippen molar-refractivity contribution >= 4 is 12.1 Å². The molecule has 0 unspecified atom stereocenters. The molecule has 0 saturated carbocycles. The number of ether oxygens (including phenoxy) is 3. The Balaban J connectivity index is 1.59. The number of alkyl carbamates (subject to hydrolysis) is 1. The van der Waals surface area contributed by atoms with Gasteiger partial charge in [-0.05, 0) is 67.3 Å². The first-order valence-corrected chi connectivity index (χ1v) is 13.5. The van der Waals surface area contributed by atoms with Gasteiger partial charge in [0, 0.05) is 12.0 Å². The lowest BCUT2D eigenvalue weighted by Crippen LogP contribution is -2.45. The normalized spacial score (nSPS) is 11.8. The van der Waals surface area contributed by atoms with E-state index in [2.05, 4.69) is 5.32 Å². The number of aromatic hydroxyl groups is 1.